The molecule has 0 saturated carbocycles. The Balaban J connectivity index is 0.000000228. The number of hydrogen-bond acceptors (Lipinski definition) is 8. The van der Waals surface area contributed by atoms with Crippen molar-refractivity contribution in [1.29, 1.82) is 0 Å². The second-order valence-electron chi connectivity index (χ2n) is 15.0. The van der Waals surface area contributed by atoms with Gasteiger partial charge in [0.25, 0.3) is 11.1 Å². The molecule has 0 unspecified atom stereocenters. The maximum Gasteiger partial charge on any atom is 0.405 e. The van der Waals surface area contributed by atoms with Gasteiger partial charge in [0.05, 0.1) is 36.0 Å². The number of nitrogens with zero attached hydrogens (tertiary/aromatic N) is 4. The van der Waals surface area contributed by atoms with Gasteiger partial charge in [-0.15, -0.1) is 0 Å². The molecule has 14 nitrogen and oxygen atoms in total. The van der Waals surface area contributed by atoms with Crippen molar-refractivity contribution in [2.75, 3.05) is 26.3 Å². The average Bonchev–Trinajstić information content (AvgIpc) is 3.59. The zero-order chi connectivity index (χ0) is 44.4. The summed E-state index contributed by atoms with van der Waals surface area (Å²) in [5.74, 6) is -6.14. The lowest BCUT2D eigenvalue weighted by Gasteiger charge is -2.38. The second-order valence-corrected chi connectivity index (χ2v) is 15.0. The summed E-state index contributed by atoms with van der Waals surface area (Å²) in [5.41, 5.74) is 1.00. The summed E-state index contributed by atoms with van der Waals surface area (Å²) in [7, 11) is 0. The SMILES string of the molecule is C/C=C/c1ccc2n(c1=O)C[C@@H]1[C@@H](CO)[C@H](C(=O)NCC(F)(F)F)[C@H]2N1C(=O)CC.C/C=C\c1ccc2n(c1=O)C[C@@H]1[C@@H](CO)[C@H](C(=O)NCC(F)(F)F)[C@H]2N1C(=O)CC. The monoisotopic (exact) mass is 854 g/mol. The largest absolute Gasteiger partial charge is 0.405 e. The van der Waals surface area contributed by atoms with E-state index >= 15 is 0 Å². The minimum atomic E-state index is -4.59. The van der Waals surface area contributed by atoms with Gasteiger partial charge in [-0.2, -0.15) is 26.3 Å². The quantitative estimate of drug-likeness (QED) is 0.263. The van der Waals surface area contributed by atoms with Crippen LogP contribution in [0.2, 0.25) is 0 Å². The van der Waals surface area contributed by atoms with Gasteiger partial charge in [-0.05, 0) is 38.1 Å². The molecule has 2 aromatic heterocycles. The van der Waals surface area contributed by atoms with Gasteiger partial charge < -0.3 is 39.8 Å². The normalized spacial score (nSPS) is 25.5. The lowest BCUT2D eigenvalue weighted by molar-refractivity contribution is -0.143. The topological polar surface area (TPSA) is 183 Å². The van der Waals surface area contributed by atoms with E-state index in [0.29, 0.717) is 22.5 Å². The summed E-state index contributed by atoms with van der Waals surface area (Å²) in [6, 6.07) is 3.21. The molecule has 0 radical (unpaired) electrons. The van der Waals surface area contributed by atoms with Crippen molar-refractivity contribution in [2.24, 2.45) is 23.7 Å². The van der Waals surface area contributed by atoms with Gasteiger partial charge in [-0.1, -0.05) is 38.2 Å². The van der Waals surface area contributed by atoms with Crippen LogP contribution < -0.4 is 21.8 Å². The Morgan fingerprint density at radius 1 is 0.667 bits per heavy atom. The van der Waals surface area contributed by atoms with Crippen molar-refractivity contribution < 1.29 is 55.7 Å². The van der Waals surface area contributed by atoms with Crippen LogP contribution in [0.4, 0.5) is 26.3 Å². The first kappa shape index (κ1) is 45.8. The van der Waals surface area contributed by atoms with Crippen LogP contribution in [0.1, 0.15) is 75.1 Å². The molecular formula is C40H48F6N6O8. The number of nitrogens with one attached hydrogen (secondary N) is 2. The number of alkyl halides is 6. The van der Waals surface area contributed by atoms with Gasteiger partial charge >= 0.3 is 12.4 Å². The minimum Gasteiger partial charge on any atom is -0.396 e. The van der Waals surface area contributed by atoms with Crippen LogP contribution in [0.3, 0.4) is 0 Å². The van der Waals surface area contributed by atoms with E-state index in [1.165, 1.54) is 18.9 Å². The third-order valence-corrected chi connectivity index (χ3v) is 11.6. The van der Waals surface area contributed by atoms with Gasteiger partial charge in [0, 0.05) is 73.5 Å². The molecule has 20 heteroatoms. The second kappa shape index (κ2) is 18.2. The molecule has 2 aromatic rings. The molecular weight excluding hydrogens is 806 g/mol. The van der Waals surface area contributed by atoms with Gasteiger partial charge in [-0.25, -0.2) is 0 Å². The first-order valence-corrected chi connectivity index (χ1v) is 19.5. The summed E-state index contributed by atoms with van der Waals surface area (Å²) < 4.78 is 78.8. The molecule has 2 saturated heterocycles. The van der Waals surface area contributed by atoms with Crippen LogP contribution in [0.15, 0.2) is 46.0 Å². The Labute approximate surface area is 340 Å². The molecule has 328 valence electrons. The molecule has 6 heterocycles. The van der Waals surface area contributed by atoms with Crippen molar-refractivity contribution in [3.05, 3.63) is 79.6 Å². The van der Waals surface area contributed by atoms with Gasteiger partial charge in [0.2, 0.25) is 23.6 Å². The van der Waals surface area contributed by atoms with Crippen molar-refractivity contribution in [3.63, 3.8) is 0 Å². The van der Waals surface area contributed by atoms with Crippen LogP contribution in [0.5, 0.6) is 0 Å². The lowest BCUT2D eigenvalue weighted by atomic mass is 9.86. The number of hydrogen-bond donors (Lipinski definition) is 4. The first-order valence-electron chi connectivity index (χ1n) is 19.5. The number of carbonyl (C=O) groups is 4. The number of pyridine rings is 2. The Morgan fingerprint density at radius 3 is 1.30 bits per heavy atom. The van der Waals surface area contributed by atoms with Gasteiger partial charge in [0.15, 0.2) is 0 Å². The molecule has 60 heavy (non-hydrogen) atoms. The highest BCUT2D eigenvalue weighted by Gasteiger charge is 2.58. The van der Waals surface area contributed by atoms with E-state index in [9.17, 15) is 65.3 Å². The summed E-state index contributed by atoms with van der Waals surface area (Å²) in [6.45, 7) is 2.93. The molecule has 2 fully saturated rings. The highest BCUT2D eigenvalue weighted by molar-refractivity contribution is 5.85. The predicted octanol–water partition coefficient (Wildman–Crippen LogP) is 2.92. The minimum absolute atomic E-state index is 0.0656. The zero-order valence-corrected chi connectivity index (χ0v) is 33.3. The summed E-state index contributed by atoms with van der Waals surface area (Å²) in [5, 5.41) is 23.7. The third-order valence-electron chi connectivity index (χ3n) is 11.6. The number of rotatable bonds is 10. The predicted molar refractivity (Wildman–Crippen MR) is 204 cm³/mol. The zero-order valence-electron chi connectivity index (χ0n) is 33.3. The number of allylic oxidation sites excluding steroid dienone is 2. The smallest absolute Gasteiger partial charge is 0.396 e. The number of fused-ring (bicyclic) bond motifs is 8. The number of halogens is 6. The molecule has 4 bridgehead atoms. The highest BCUT2D eigenvalue weighted by Crippen LogP contribution is 2.50. The molecule has 0 spiro atoms. The molecule has 8 atom stereocenters. The first-order chi connectivity index (χ1) is 28.3. The van der Waals surface area contributed by atoms with Crippen LogP contribution in [0, 0.1) is 23.7 Å². The Morgan fingerprint density at radius 2 is 1.02 bits per heavy atom. The molecule has 0 aliphatic carbocycles. The van der Waals surface area contributed by atoms with Crippen LogP contribution in [-0.4, -0.2) is 104 Å². The molecule has 4 aliphatic rings. The van der Waals surface area contributed by atoms with Crippen LogP contribution in [-0.2, 0) is 32.3 Å². The molecule has 0 aromatic carbocycles. The molecule has 4 N–H and O–H groups in total. The van der Waals surface area contributed by atoms with Crippen molar-refractivity contribution in [2.45, 2.75) is 90.1 Å². The number of aliphatic hydroxyl groups is 2. The Kier molecular flexibility index (Phi) is 13.9. The van der Waals surface area contributed by atoms with E-state index in [1.807, 2.05) is 10.6 Å². The Hall–Kier alpha value is -5.24. The van der Waals surface area contributed by atoms with Crippen LogP contribution in [0.25, 0.3) is 12.2 Å². The third kappa shape index (κ3) is 8.80. The lowest BCUT2D eigenvalue weighted by Crippen LogP contribution is -2.49. The standard InChI is InChI=1S/2C20H24F3N3O4/c2*1-3-5-11-6-7-13-17-16(18(29)24-10-20(21,22)23)12(9-27)14(8-25(13)19(11)30)26(17)15(28)4-2/h2*3,5-7,12,14,16-17,27H,4,8-10H2,1-2H3,(H,24,29)/b5-3+;5-3-/t2*12-,14-,16+,17+/m11/s1. The molecule has 6 rings (SSSR count). The fourth-order valence-corrected chi connectivity index (χ4v) is 9.12. The number of aromatic nitrogens is 2. The molecule has 4 amide bonds. The van der Waals surface area contributed by atoms with E-state index in [4.69, 9.17) is 0 Å². The highest BCUT2D eigenvalue weighted by atomic mass is 19.4. The Bertz CT molecular complexity index is 2000. The van der Waals surface area contributed by atoms with E-state index in [2.05, 4.69) is 0 Å². The fraction of sp³-hybridized carbons (Fsp3) is 0.550. The maximum atomic E-state index is 12.9. The van der Waals surface area contributed by atoms with Crippen molar-refractivity contribution in [3.8, 4) is 0 Å². The van der Waals surface area contributed by atoms with Gasteiger partial charge in [-0.3, -0.25) is 28.8 Å². The van der Waals surface area contributed by atoms with Gasteiger partial charge in [0.1, 0.15) is 13.1 Å². The van der Waals surface area contributed by atoms with Crippen molar-refractivity contribution >= 4 is 35.8 Å². The molecule has 4 aliphatic heterocycles. The summed E-state index contributed by atoms with van der Waals surface area (Å²) in [6.07, 6.45) is -2.24. The average molecular weight is 855 g/mol. The van der Waals surface area contributed by atoms with Crippen LogP contribution >= 0.6 is 0 Å². The number of amides is 4. The number of carbonyl (C=O) groups excluding carboxylic acids is 4. The maximum absolute atomic E-state index is 12.9. The van der Waals surface area contributed by atoms with E-state index in [-0.39, 0.29) is 48.9 Å². The van der Waals surface area contributed by atoms with E-state index < -0.39 is 98.3 Å². The van der Waals surface area contributed by atoms with E-state index in [1.54, 1.807) is 76.3 Å². The van der Waals surface area contributed by atoms with E-state index in [0.717, 1.165) is 0 Å². The number of aliphatic hydroxyl groups excluding tert-OH is 2. The fourth-order valence-electron chi connectivity index (χ4n) is 9.12. The van der Waals surface area contributed by atoms with Crippen molar-refractivity contribution in [1.82, 2.24) is 29.6 Å². The summed E-state index contributed by atoms with van der Waals surface area (Å²) in [4.78, 5) is 79.6. The summed E-state index contributed by atoms with van der Waals surface area (Å²) >= 11 is 0.